The molecule has 3 aliphatic rings. The van der Waals surface area contributed by atoms with E-state index in [2.05, 4.69) is 62.6 Å². The Bertz CT molecular complexity index is 1860. The lowest BCUT2D eigenvalue weighted by Gasteiger charge is -2.41. The summed E-state index contributed by atoms with van der Waals surface area (Å²) in [6.45, 7) is 7.12. The fourth-order valence-corrected chi connectivity index (χ4v) is 7.78. The molecule has 8 heteroatoms. The van der Waals surface area contributed by atoms with Crippen LogP contribution in [0.3, 0.4) is 0 Å². The molecule has 46 heavy (non-hydrogen) atoms. The van der Waals surface area contributed by atoms with E-state index in [-0.39, 0.29) is 11.7 Å². The first-order valence-electron chi connectivity index (χ1n) is 16.3. The quantitative estimate of drug-likeness (QED) is 0.192. The van der Waals surface area contributed by atoms with Crippen molar-refractivity contribution in [1.82, 2.24) is 20.1 Å². The summed E-state index contributed by atoms with van der Waals surface area (Å²) in [7, 11) is 0. The molecule has 2 saturated heterocycles. The average molecular weight is 632 g/mol. The van der Waals surface area contributed by atoms with Gasteiger partial charge in [-0.25, -0.2) is 0 Å². The van der Waals surface area contributed by atoms with Crippen LogP contribution in [0.15, 0.2) is 91.0 Å². The van der Waals surface area contributed by atoms with Gasteiger partial charge < -0.3 is 25.2 Å². The highest BCUT2D eigenvalue weighted by Gasteiger charge is 2.37. The standard InChI is InChI=1S/C38H38ClN5O2/c39-29-9-12-36(45)33(23-29)37(35-22-27-3-1-2-4-34(27)41-35)44-24-28-6-5-26(21-32(28)38(44)46)25-7-10-30(11-8-25)42-17-13-31(14-18-42)43-19-15-40-16-20-43/h1-12,21-23,31,37,40-41,45H,13-20,24H2. The zero-order chi connectivity index (χ0) is 31.2. The zero-order valence-electron chi connectivity index (χ0n) is 25.8. The number of carbonyl (C=O) groups is 1. The number of aromatic nitrogens is 1. The molecule has 234 valence electrons. The minimum atomic E-state index is -0.538. The lowest BCUT2D eigenvalue weighted by atomic mass is 9.99. The number of phenolic OH excluding ortho intramolecular Hbond substituents is 1. The maximum atomic E-state index is 14.2. The van der Waals surface area contributed by atoms with Crippen LogP contribution in [0, 0.1) is 0 Å². The van der Waals surface area contributed by atoms with Crippen LogP contribution in [0.2, 0.25) is 5.02 Å². The van der Waals surface area contributed by atoms with Gasteiger partial charge in [-0.1, -0.05) is 54.1 Å². The molecule has 4 aromatic carbocycles. The van der Waals surface area contributed by atoms with Crippen molar-refractivity contribution in [2.45, 2.75) is 31.5 Å². The lowest BCUT2D eigenvalue weighted by molar-refractivity contribution is 0.0727. The molecule has 3 aliphatic heterocycles. The number of nitrogens with zero attached hydrogens (tertiary/aromatic N) is 3. The van der Waals surface area contributed by atoms with E-state index in [1.807, 2.05) is 35.2 Å². The number of anilines is 1. The monoisotopic (exact) mass is 631 g/mol. The molecule has 8 rings (SSSR count). The smallest absolute Gasteiger partial charge is 0.255 e. The molecular weight excluding hydrogens is 594 g/mol. The second-order valence-electron chi connectivity index (χ2n) is 12.8. The van der Waals surface area contributed by atoms with E-state index in [1.165, 1.54) is 18.5 Å². The van der Waals surface area contributed by atoms with Gasteiger partial charge >= 0.3 is 0 Å². The second kappa shape index (κ2) is 12.1. The molecule has 0 bridgehead atoms. The van der Waals surface area contributed by atoms with Gasteiger partial charge in [-0.05, 0) is 83.4 Å². The molecule has 0 radical (unpaired) electrons. The van der Waals surface area contributed by atoms with Crippen molar-refractivity contribution in [3.05, 3.63) is 118 Å². The zero-order valence-corrected chi connectivity index (χ0v) is 26.5. The summed E-state index contributed by atoms with van der Waals surface area (Å²) in [4.78, 5) is 24.7. The number of aromatic hydroxyl groups is 1. The Morgan fingerprint density at radius 2 is 1.59 bits per heavy atom. The van der Waals surface area contributed by atoms with Crippen molar-refractivity contribution in [3.8, 4) is 16.9 Å². The number of halogens is 1. The summed E-state index contributed by atoms with van der Waals surface area (Å²) in [6, 6.07) is 30.2. The summed E-state index contributed by atoms with van der Waals surface area (Å²) in [5.41, 5.74) is 7.43. The third-order valence-corrected chi connectivity index (χ3v) is 10.3. The number of nitrogens with one attached hydrogen (secondary N) is 2. The number of rotatable bonds is 6. The van der Waals surface area contributed by atoms with Crippen LogP contribution in [0.25, 0.3) is 22.0 Å². The second-order valence-corrected chi connectivity index (χ2v) is 13.2. The van der Waals surface area contributed by atoms with Crippen molar-refractivity contribution >= 4 is 34.1 Å². The third-order valence-electron chi connectivity index (χ3n) is 10.1. The number of amides is 1. The van der Waals surface area contributed by atoms with Gasteiger partial charge in [0.05, 0.1) is 0 Å². The van der Waals surface area contributed by atoms with Crippen molar-refractivity contribution in [3.63, 3.8) is 0 Å². The number of hydrogen-bond acceptors (Lipinski definition) is 5. The van der Waals surface area contributed by atoms with Crippen LogP contribution < -0.4 is 10.2 Å². The number of H-pyrrole nitrogens is 1. The van der Waals surface area contributed by atoms with Gasteiger partial charge in [0.25, 0.3) is 5.91 Å². The first-order valence-corrected chi connectivity index (χ1v) is 16.7. The van der Waals surface area contributed by atoms with Crippen molar-refractivity contribution in [2.75, 3.05) is 44.2 Å². The maximum Gasteiger partial charge on any atom is 0.255 e. The first-order chi connectivity index (χ1) is 22.5. The number of hydrogen-bond donors (Lipinski definition) is 3. The highest BCUT2D eigenvalue weighted by atomic mass is 35.5. The molecule has 3 N–H and O–H groups in total. The number of carbonyl (C=O) groups excluding carboxylic acids is 1. The van der Waals surface area contributed by atoms with Crippen molar-refractivity contribution in [2.24, 2.45) is 0 Å². The van der Waals surface area contributed by atoms with Gasteiger partial charge in [0.2, 0.25) is 0 Å². The molecule has 7 nitrogen and oxygen atoms in total. The summed E-state index contributed by atoms with van der Waals surface area (Å²) in [6.07, 6.45) is 2.41. The fraction of sp³-hybridized carbons (Fsp3) is 0.289. The Hall–Kier alpha value is -4.30. The minimum absolute atomic E-state index is 0.0659. The number of piperidine rings is 1. The molecule has 0 spiro atoms. The van der Waals surface area contributed by atoms with Gasteiger partial charge in [-0.15, -0.1) is 0 Å². The Balaban J connectivity index is 1.03. The van der Waals surface area contributed by atoms with E-state index in [0.717, 1.165) is 72.6 Å². The van der Waals surface area contributed by atoms with Crippen molar-refractivity contribution in [1.29, 1.82) is 0 Å². The number of piperazine rings is 1. The molecular formula is C38H38ClN5O2. The number of phenols is 1. The summed E-state index contributed by atoms with van der Waals surface area (Å²) >= 11 is 6.42. The Morgan fingerprint density at radius 1 is 0.826 bits per heavy atom. The lowest BCUT2D eigenvalue weighted by Crippen LogP contribution is -2.52. The molecule has 1 aromatic heterocycles. The molecule has 1 atom stereocenters. The molecule has 0 aliphatic carbocycles. The maximum absolute atomic E-state index is 14.2. The van der Waals surface area contributed by atoms with Gasteiger partial charge in [0.15, 0.2) is 0 Å². The third kappa shape index (κ3) is 5.42. The van der Waals surface area contributed by atoms with E-state index in [1.54, 1.807) is 18.2 Å². The SMILES string of the molecule is O=C1c2cc(-c3ccc(N4CCC(N5CCNCC5)CC4)cc3)ccc2CN1C(c1cc2ccccc2[nH]1)c1cc(Cl)ccc1O. The summed E-state index contributed by atoms with van der Waals surface area (Å²) in [5.74, 6) is 0.0365. The van der Waals surface area contributed by atoms with Crippen LogP contribution in [0.1, 0.15) is 46.1 Å². The minimum Gasteiger partial charge on any atom is -0.508 e. The molecule has 4 heterocycles. The van der Waals surface area contributed by atoms with E-state index >= 15 is 0 Å². The van der Waals surface area contributed by atoms with Crippen LogP contribution in [0.4, 0.5) is 5.69 Å². The summed E-state index contributed by atoms with van der Waals surface area (Å²) < 4.78 is 0. The number of para-hydroxylation sites is 1. The van der Waals surface area contributed by atoms with Crippen LogP contribution in [-0.2, 0) is 6.54 Å². The molecule has 0 saturated carbocycles. The Morgan fingerprint density at radius 3 is 2.37 bits per heavy atom. The Kier molecular flexibility index (Phi) is 7.68. The van der Waals surface area contributed by atoms with E-state index < -0.39 is 6.04 Å². The van der Waals surface area contributed by atoms with E-state index in [4.69, 9.17) is 11.6 Å². The normalized spacial score (nSPS) is 18.3. The van der Waals surface area contributed by atoms with Crippen molar-refractivity contribution < 1.29 is 9.90 Å². The van der Waals surface area contributed by atoms with Crippen LogP contribution in [0.5, 0.6) is 5.75 Å². The van der Waals surface area contributed by atoms with Gasteiger partial charge in [-0.2, -0.15) is 0 Å². The van der Waals surface area contributed by atoms with Crippen LogP contribution in [-0.4, -0.2) is 71.1 Å². The van der Waals surface area contributed by atoms with Crippen LogP contribution >= 0.6 is 11.6 Å². The predicted octanol–water partition coefficient (Wildman–Crippen LogP) is 6.81. The largest absolute Gasteiger partial charge is 0.508 e. The number of aromatic amines is 1. The topological polar surface area (TPSA) is 74.8 Å². The van der Waals surface area contributed by atoms with Gasteiger partial charge in [0.1, 0.15) is 11.8 Å². The molecule has 1 unspecified atom stereocenters. The van der Waals surface area contributed by atoms with Gasteiger partial charge in [0, 0.05) is 84.9 Å². The fourth-order valence-electron chi connectivity index (χ4n) is 7.60. The molecule has 1 amide bonds. The summed E-state index contributed by atoms with van der Waals surface area (Å²) in [5, 5.41) is 16.0. The van der Waals surface area contributed by atoms with E-state index in [0.29, 0.717) is 28.7 Å². The highest BCUT2D eigenvalue weighted by Crippen LogP contribution is 2.41. The number of fused-ring (bicyclic) bond motifs is 2. The van der Waals surface area contributed by atoms with E-state index in [9.17, 15) is 9.90 Å². The molecule has 2 fully saturated rings. The molecule has 5 aromatic rings. The highest BCUT2D eigenvalue weighted by molar-refractivity contribution is 6.30. The predicted molar refractivity (Wildman–Crippen MR) is 185 cm³/mol. The number of benzene rings is 4. The Labute approximate surface area is 274 Å². The average Bonchev–Trinajstić information content (AvgIpc) is 3.67. The first kappa shape index (κ1) is 29.1. The van der Waals surface area contributed by atoms with Gasteiger partial charge in [-0.3, -0.25) is 9.69 Å².